The highest BCUT2D eigenvalue weighted by molar-refractivity contribution is 6.31. The number of hydrogen-bond acceptors (Lipinski definition) is 2. The summed E-state index contributed by atoms with van der Waals surface area (Å²) < 4.78 is 5.15. The molecule has 0 unspecified atom stereocenters. The van der Waals surface area contributed by atoms with Gasteiger partial charge >= 0.3 is 0 Å². The summed E-state index contributed by atoms with van der Waals surface area (Å²) in [6.45, 7) is 5.76. The van der Waals surface area contributed by atoms with Crippen LogP contribution in [0.2, 0.25) is 5.02 Å². The molecule has 2 aromatic rings. The number of ether oxygens (including phenoxy) is 1. The minimum Gasteiger partial charge on any atom is -0.494 e. The van der Waals surface area contributed by atoms with Crippen LogP contribution in [0.25, 0.3) is 10.9 Å². The van der Waals surface area contributed by atoms with Crippen LogP contribution < -0.4 is 10.3 Å². The molecule has 0 spiro atoms. The lowest BCUT2D eigenvalue weighted by Gasteiger charge is -2.06. The van der Waals surface area contributed by atoms with E-state index in [-0.39, 0.29) is 5.56 Å². The van der Waals surface area contributed by atoms with Crippen molar-refractivity contribution in [2.75, 3.05) is 7.11 Å². The molecule has 0 saturated heterocycles. The lowest BCUT2D eigenvalue weighted by Crippen LogP contribution is -2.09. The largest absolute Gasteiger partial charge is 0.494 e. The Morgan fingerprint density at radius 3 is 2.47 bits per heavy atom. The van der Waals surface area contributed by atoms with Gasteiger partial charge in [-0.25, -0.2) is 0 Å². The molecule has 0 amide bonds. The van der Waals surface area contributed by atoms with Crippen LogP contribution in [-0.4, -0.2) is 12.1 Å². The van der Waals surface area contributed by atoms with Gasteiger partial charge in [-0.05, 0) is 19.1 Å². The molecule has 92 valence electrons. The van der Waals surface area contributed by atoms with Crippen LogP contribution in [0.1, 0.15) is 19.4 Å². The van der Waals surface area contributed by atoms with E-state index in [0.717, 1.165) is 5.39 Å². The molecule has 0 bridgehead atoms. The van der Waals surface area contributed by atoms with Gasteiger partial charge in [0.05, 0.1) is 12.6 Å². The van der Waals surface area contributed by atoms with Crippen molar-refractivity contribution in [3.63, 3.8) is 0 Å². The molecule has 17 heavy (non-hydrogen) atoms. The van der Waals surface area contributed by atoms with Gasteiger partial charge in [-0.3, -0.25) is 4.79 Å². The highest BCUT2D eigenvalue weighted by Crippen LogP contribution is 2.27. The maximum Gasteiger partial charge on any atom is 0.251 e. The van der Waals surface area contributed by atoms with Gasteiger partial charge in [-0.1, -0.05) is 25.4 Å². The molecule has 0 aliphatic carbocycles. The number of aromatic nitrogens is 1. The fourth-order valence-corrected chi connectivity index (χ4v) is 1.74. The first kappa shape index (κ1) is 13.6. The summed E-state index contributed by atoms with van der Waals surface area (Å²) in [5.74, 6) is 0.578. The summed E-state index contributed by atoms with van der Waals surface area (Å²) in [5.41, 5.74) is 1.23. The van der Waals surface area contributed by atoms with Crippen LogP contribution in [0.3, 0.4) is 0 Å². The third-order valence-electron chi connectivity index (χ3n) is 2.29. The van der Waals surface area contributed by atoms with Gasteiger partial charge in [0, 0.05) is 22.0 Å². The highest BCUT2D eigenvalue weighted by atomic mass is 35.5. The van der Waals surface area contributed by atoms with Gasteiger partial charge in [0.25, 0.3) is 5.56 Å². The fraction of sp³-hybridized carbons (Fsp3) is 0.308. The van der Waals surface area contributed by atoms with Crippen LogP contribution in [-0.2, 0) is 0 Å². The zero-order valence-electron chi connectivity index (χ0n) is 10.4. The zero-order valence-corrected chi connectivity index (χ0v) is 11.2. The van der Waals surface area contributed by atoms with Crippen LogP contribution >= 0.6 is 11.6 Å². The van der Waals surface area contributed by atoms with E-state index >= 15 is 0 Å². The smallest absolute Gasteiger partial charge is 0.251 e. The Morgan fingerprint density at radius 2 is 1.88 bits per heavy atom. The van der Waals surface area contributed by atoms with Gasteiger partial charge in [0.1, 0.15) is 5.75 Å². The second-order valence-corrected chi connectivity index (χ2v) is 3.79. The second kappa shape index (κ2) is 5.73. The van der Waals surface area contributed by atoms with E-state index in [4.69, 9.17) is 16.3 Å². The summed E-state index contributed by atoms with van der Waals surface area (Å²) >= 11 is 5.92. The first-order valence-electron chi connectivity index (χ1n) is 5.49. The zero-order chi connectivity index (χ0) is 13.0. The van der Waals surface area contributed by atoms with Crippen molar-refractivity contribution in [3.05, 3.63) is 39.1 Å². The molecular formula is C13H16ClNO2. The number of aryl methyl sites for hydroxylation is 1. The molecule has 1 aromatic heterocycles. The number of aromatic amines is 1. The van der Waals surface area contributed by atoms with E-state index in [9.17, 15) is 4.79 Å². The van der Waals surface area contributed by atoms with Crippen LogP contribution in [0.4, 0.5) is 0 Å². The number of fused-ring (bicyclic) bond motifs is 1. The Balaban J connectivity index is 0.000000686. The predicted molar refractivity (Wildman–Crippen MR) is 72.2 cm³/mol. The molecular weight excluding hydrogens is 238 g/mol. The van der Waals surface area contributed by atoms with E-state index in [1.165, 1.54) is 0 Å². The SMILES string of the molecule is CC.COc1cc(Cl)cc2cc(C)c(=O)[nH]c12. The summed E-state index contributed by atoms with van der Waals surface area (Å²) in [4.78, 5) is 14.2. The highest BCUT2D eigenvalue weighted by Gasteiger charge is 2.06. The Morgan fingerprint density at radius 1 is 1.24 bits per heavy atom. The molecule has 2 rings (SSSR count). The summed E-state index contributed by atoms with van der Waals surface area (Å²) in [7, 11) is 1.54. The van der Waals surface area contributed by atoms with Crippen LogP contribution in [0.5, 0.6) is 5.75 Å². The van der Waals surface area contributed by atoms with Crippen molar-refractivity contribution in [1.82, 2.24) is 4.98 Å². The molecule has 0 atom stereocenters. The monoisotopic (exact) mass is 253 g/mol. The van der Waals surface area contributed by atoms with Crippen LogP contribution in [0, 0.1) is 6.92 Å². The average Bonchev–Trinajstić information content (AvgIpc) is 2.33. The first-order chi connectivity index (χ1) is 8.11. The average molecular weight is 254 g/mol. The molecule has 1 heterocycles. The molecule has 3 nitrogen and oxygen atoms in total. The topological polar surface area (TPSA) is 42.1 Å². The normalized spacial score (nSPS) is 9.71. The number of H-pyrrole nitrogens is 1. The number of pyridine rings is 1. The van der Waals surface area contributed by atoms with Crippen molar-refractivity contribution >= 4 is 22.5 Å². The standard InChI is InChI=1S/C11H10ClNO2.C2H6/c1-6-3-7-4-8(12)5-9(15-2)10(7)13-11(6)14;1-2/h3-5H,1-2H3,(H,13,14);1-2H3. The van der Waals surface area contributed by atoms with Gasteiger partial charge in [0.2, 0.25) is 0 Å². The fourth-order valence-electron chi connectivity index (χ4n) is 1.52. The molecule has 0 aliphatic rings. The van der Waals surface area contributed by atoms with Crippen LogP contribution in [0.15, 0.2) is 23.0 Å². The minimum absolute atomic E-state index is 0.108. The van der Waals surface area contributed by atoms with Gasteiger partial charge in [-0.2, -0.15) is 0 Å². The maximum absolute atomic E-state index is 11.4. The van der Waals surface area contributed by atoms with Gasteiger partial charge in [-0.15, -0.1) is 0 Å². The lowest BCUT2D eigenvalue weighted by atomic mass is 10.1. The number of rotatable bonds is 1. The number of hydrogen-bond donors (Lipinski definition) is 1. The molecule has 0 radical (unpaired) electrons. The van der Waals surface area contributed by atoms with E-state index in [1.807, 2.05) is 13.8 Å². The van der Waals surface area contributed by atoms with E-state index in [1.54, 1.807) is 32.2 Å². The summed E-state index contributed by atoms with van der Waals surface area (Å²) in [5, 5.41) is 1.46. The van der Waals surface area contributed by atoms with E-state index in [0.29, 0.717) is 21.9 Å². The van der Waals surface area contributed by atoms with E-state index in [2.05, 4.69) is 4.98 Å². The van der Waals surface area contributed by atoms with Crippen molar-refractivity contribution < 1.29 is 4.74 Å². The van der Waals surface area contributed by atoms with Crippen molar-refractivity contribution in [1.29, 1.82) is 0 Å². The second-order valence-electron chi connectivity index (χ2n) is 3.35. The van der Waals surface area contributed by atoms with Crippen molar-refractivity contribution in [2.45, 2.75) is 20.8 Å². The molecule has 0 saturated carbocycles. The minimum atomic E-state index is -0.108. The van der Waals surface area contributed by atoms with Crippen molar-refractivity contribution in [3.8, 4) is 5.75 Å². The quantitative estimate of drug-likeness (QED) is 0.845. The van der Waals surface area contributed by atoms with Gasteiger partial charge < -0.3 is 9.72 Å². The number of halogens is 1. The Bertz CT molecular complexity index is 575. The predicted octanol–water partition coefficient (Wildman–Crippen LogP) is 3.52. The molecule has 1 N–H and O–H groups in total. The summed E-state index contributed by atoms with van der Waals surface area (Å²) in [6, 6.07) is 5.26. The third kappa shape index (κ3) is 2.80. The number of nitrogens with one attached hydrogen (secondary N) is 1. The Labute approximate surface area is 105 Å². The Kier molecular flexibility index (Phi) is 4.58. The van der Waals surface area contributed by atoms with E-state index < -0.39 is 0 Å². The molecule has 4 heteroatoms. The third-order valence-corrected chi connectivity index (χ3v) is 2.50. The maximum atomic E-state index is 11.4. The first-order valence-corrected chi connectivity index (χ1v) is 5.87. The number of methoxy groups -OCH3 is 1. The van der Waals surface area contributed by atoms with Gasteiger partial charge in [0.15, 0.2) is 0 Å². The molecule has 0 aliphatic heterocycles. The molecule has 1 aromatic carbocycles. The summed E-state index contributed by atoms with van der Waals surface area (Å²) in [6.07, 6.45) is 0. The lowest BCUT2D eigenvalue weighted by molar-refractivity contribution is 0.419. The number of benzene rings is 1. The Hall–Kier alpha value is -1.48. The molecule has 0 fully saturated rings. The van der Waals surface area contributed by atoms with Crippen molar-refractivity contribution in [2.24, 2.45) is 0 Å².